The van der Waals surface area contributed by atoms with Crippen molar-refractivity contribution >= 4 is 70.4 Å². The van der Waals surface area contributed by atoms with Crippen molar-refractivity contribution < 1.29 is 22.2 Å². The van der Waals surface area contributed by atoms with E-state index in [2.05, 4.69) is 26.0 Å². The number of oxazole rings is 1. The fourth-order valence-corrected chi connectivity index (χ4v) is 9.97. The maximum absolute atomic E-state index is 10.1. The largest absolute Gasteiger partial charge is 0.436 e. The molecule has 2 aromatic heterocycles. The van der Waals surface area contributed by atoms with E-state index in [1.54, 1.807) is 16.2 Å². The van der Waals surface area contributed by atoms with Gasteiger partial charge in [-0.3, -0.25) is 0 Å². The second-order valence-electron chi connectivity index (χ2n) is 15.3. The number of fused-ring (bicyclic) bond motifs is 9. The number of thiophene rings is 1. The molecule has 0 spiro atoms. The van der Waals surface area contributed by atoms with Crippen molar-refractivity contribution in [3.8, 4) is 44.8 Å². The first-order chi connectivity index (χ1) is 34.9. The molecule has 60 heavy (non-hydrogen) atoms. The van der Waals surface area contributed by atoms with Gasteiger partial charge in [-0.05, 0) is 86.9 Å². The molecule has 2 heterocycles. The van der Waals surface area contributed by atoms with Crippen LogP contribution in [0.1, 0.15) is 42.8 Å². The third-order valence-electron chi connectivity index (χ3n) is 11.5. The average Bonchev–Trinajstić information content (AvgIpc) is 4.07. The van der Waals surface area contributed by atoms with Gasteiger partial charge in [-0.2, -0.15) is 0 Å². The fraction of sp³-hybridized carbons (Fsp3) is 0.0536. The van der Waals surface area contributed by atoms with Gasteiger partial charge in [-0.1, -0.05) is 165 Å². The second-order valence-corrected chi connectivity index (χ2v) is 16.3. The molecule has 0 N–H and O–H groups in total. The SMILES string of the molecule is [2H]c1c([2H])c([2H])c(-c2c([2H])c([2H])c(-c3c([2H])c([2H])c(N(c4ccc5c(c4)C(C)(C)c4ccccc4-5)c4c(-c5nc6ccccc6o5)c5c6ccccc6sc5c5ccccc45)c([2H])c3[2H])c([2H])c2[2H])c([2H])c1[2H]. The zero-order chi connectivity index (χ0) is 51.3. The smallest absolute Gasteiger partial charge is 0.230 e. The van der Waals surface area contributed by atoms with Gasteiger partial charge in [0.1, 0.15) is 5.52 Å². The van der Waals surface area contributed by atoms with Crippen LogP contribution in [0.5, 0.6) is 0 Å². The predicted molar refractivity (Wildman–Crippen MR) is 253 cm³/mol. The molecular weight excluding hydrogens is 749 g/mol. The van der Waals surface area contributed by atoms with E-state index in [1.807, 2.05) is 103 Å². The highest BCUT2D eigenvalue weighted by molar-refractivity contribution is 7.26. The summed E-state index contributed by atoms with van der Waals surface area (Å²) in [5.74, 6) is 0.254. The van der Waals surface area contributed by atoms with Crippen molar-refractivity contribution in [1.29, 1.82) is 0 Å². The van der Waals surface area contributed by atoms with E-state index in [1.165, 1.54) is 0 Å². The molecule has 0 unspecified atom stereocenters. The number of para-hydroxylation sites is 2. The van der Waals surface area contributed by atoms with Crippen LogP contribution < -0.4 is 4.90 Å². The van der Waals surface area contributed by atoms with E-state index in [9.17, 15) is 8.22 Å². The van der Waals surface area contributed by atoms with Crippen molar-refractivity contribution in [2.75, 3.05) is 4.90 Å². The lowest BCUT2D eigenvalue weighted by Crippen LogP contribution is -2.17. The van der Waals surface area contributed by atoms with E-state index in [0.717, 1.165) is 47.8 Å². The maximum Gasteiger partial charge on any atom is 0.230 e. The fourth-order valence-electron chi connectivity index (χ4n) is 8.73. The van der Waals surface area contributed by atoms with E-state index in [0.29, 0.717) is 33.4 Å². The van der Waals surface area contributed by atoms with Gasteiger partial charge < -0.3 is 9.32 Å². The summed E-state index contributed by atoms with van der Waals surface area (Å²) in [4.78, 5) is 6.84. The van der Waals surface area contributed by atoms with Crippen LogP contribution in [0.3, 0.4) is 0 Å². The lowest BCUT2D eigenvalue weighted by Gasteiger charge is -2.31. The Bertz CT molecular complexity index is 4140. The molecule has 0 atom stereocenters. The normalized spacial score (nSPS) is 16.0. The number of aromatic nitrogens is 1. The van der Waals surface area contributed by atoms with Crippen LogP contribution in [0, 0.1) is 0 Å². The zero-order valence-corrected chi connectivity index (χ0v) is 33.0. The van der Waals surface area contributed by atoms with Crippen molar-refractivity contribution in [3.63, 3.8) is 0 Å². The van der Waals surface area contributed by atoms with Crippen molar-refractivity contribution in [3.05, 3.63) is 205 Å². The molecule has 0 bridgehead atoms. The van der Waals surface area contributed by atoms with Crippen LogP contribution in [0.15, 0.2) is 198 Å². The minimum Gasteiger partial charge on any atom is -0.436 e. The summed E-state index contributed by atoms with van der Waals surface area (Å²) in [6, 6.07) is 28.1. The Labute approximate surface area is 370 Å². The van der Waals surface area contributed by atoms with Gasteiger partial charge in [-0.15, -0.1) is 11.3 Å². The lowest BCUT2D eigenvalue weighted by atomic mass is 9.82. The first-order valence-electron chi connectivity index (χ1n) is 26.0. The highest BCUT2D eigenvalue weighted by Crippen LogP contribution is 2.55. The monoisotopic (exact) mass is 799 g/mol. The van der Waals surface area contributed by atoms with Crippen LogP contribution in [0.4, 0.5) is 17.1 Å². The number of hydrogen-bond acceptors (Lipinski definition) is 4. The Morgan fingerprint density at radius 1 is 0.567 bits per heavy atom. The molecule has 4 heteroatoms. The van der Waals surface area contributed by atoms with Gasteiger partial charge in [0.15, 0.2) is 5.58 Å². The van der Waals surface area contributed by atoms with Crippen LogP contribution in [0.2, 0.25) is 0 Å². The Morgan fingerprint density at radius 2 is 1.18 bits per heavy atom. The Morgan fingerprint density at radius 3 is 1.95 bits per heavy atom. The summed E-state index contributed by atoms with van der Waals surface area (Å²) in [6.45, 7) is 4.28. The average molecular weight is 800 g/mol. The van der Waals surface area contributed by atoms with E-state index >= 15 is 0 Å². The summed E-state index contributed by atoms with van der Waals surface area (Å²) in [5.41, 5.74) is 3.87. The Hall–Kier alpha value is -7.27. The summed E-state index contributed by atoms with van der Waals surface area (Å²) in [7, 11) is 0. The van der Waals surface area contributed by atoms with Gasteiger partial charge >= 0.3 is 0 Å². The van der Waals surface area contributed by atoms with E-state index in [-0.39, 0.29) is 11.6 Å². The molecule has 0 fully saturated rings. The summed E-state index contributed by atoms with van der Waals surface area (Å²) in [5, 5.41) is 3.24. The standard InChI is InChI=1S/C56H38N2OS/c1-56(2)46-20-10-8-16-41(46)42-33-32-40(34-47(42)56)58(39-30-28-38(29-31-39)37-26-24-36(25-27-37)35-14-4-3-5-15-35)53-43-17-6-7-18-44(43)54-51(45-19-9-13-23-50(45)60-54)52(53)55-57-48-21-11-12-22-49(48)59-55/h3-34H,1-2H3/i3D,4D,5D,14D,15D,24D,25D,26D,27D,28D,29D,30D,31D. The zero-order valence-electron chi connectivity index (χ0n) is 45.2. The molecule has 0 radical (unpaired) electrons. The third-order valence-corrected chi connectivity index (χ3v) is 12.7. The van der Waals surface area contributed by atoms with E-state index < -0.39 is 106 Å². The molecule has 3 nitrogen and oxygen atoms in total. The third kappa shape index (κ3) is 5.31. The summed E-state index contributed by atoms with van der Waals surface area (Å²) in [6.07, 6.45) is 0. The Balaban J connectivity index is 1.20. The van der Waals surface area contributed by atoms with Crippen molar-refractivity contribution in [2.45, 2.75) is 19.3 Å². The molecule has 11 aromatic rings. The van der Waals surface area contributed by atoms with Gasteiger partial charge in [0.2, 0.25) is 5.89 Å². The predicted octanol–water partition coefficient (Wildman–Crippen LogP) is 16.1. The highest BCUT2D eigenvalue weighted by Gasteiger charge is 2.36. The second kappa shape index (κ2) is 13.4. The molecule has 0 amide bonds. The van der Waals surface area contributed by atoms with Crippen molar-refractivity contribution in [1.82, 2.24) is 4.98 Å². The quantitative estimate of drug-likeness (QED) is 0.168. The number of nitrogens with zero attached hydrogens (tertiary/aromatic N) is 2. The number of benzene rings is 9. The molecule has 12 rings (SSSR count). The number of hydrogen-bond donors (Lipinski definition) is 0. The number of rotatable bonds is 6. The summed E-state index contributed by atoms with van der Waals surface area (Å²) < 4.78 is 127. The van der Waals surface area contributed by atoms with Crippen LogP contribution in [-0.2, 0) is 5.41 Å². The lowest BCUT2D eigenvalue weighted by molar-refractivity contribution is 0.621. The molecule has 9 aromatic carbocycles. The molecule has 1 aliphatic carbocycles. The molecule has 0 saturated heterocycles. The van der Waals surface area contributed by atoms with Gasteiger partial charge in [0, 0.05) is 47.7 Å². The molecule has 0 saturated carbocycles. The van der Waals surface area contributed by atoms with Gasteiger partial charge in [0.05, 0.1) is 29.1 Å². The maximum atomic E-state index is 10.1. The minimum absolute atomic E-state index is 0.181. The topological polar surface area (TPSA) is 29.3 Å². The van der Waals surface area contributed by atoms with Gasteiger partial charge in [-0.25, -0.2) is 4.98 Å². The van der Waals surface area contributed by atoms with Gasteiger partial charge in [0.25, 0.3) is 0 Å². The molecule has 0 aliphatic heterocycles. The van der Waals surface area contributed by atoms with Crippen molar-refractivity contribution in [2.24, 2.45) is 0 Å². The molecule has 1 aliphatic rings. The van der Waals surface area contributed by atoms with Crippen LogP contribution >= 0.6 is 11.3 Å². The van der Waals surface area contributed by atoms with E-state index in [4.69, 9.17) is 19.0 Å². The minimum atomic E-state index is -0.787. The highest BCUT2D eigenvalue weighted by atomic mass is 32.1. The Kier molecular flexibility index (Phi) is 5.35. The number of anilines is 3. The summed E-state index contributed by atoms with van der Waals surface area (Å²) >= 11 is 1.61. The molecular formula is C56H38N2OS. The first-order valence-corrected chi connectivity index (χ1v) is 20.3. The first kappa shape index (κ1) is 24.0. The van der Waals surface area contributed by atoms with Crippen LogP contribution in [-0.4, -0.2) is 4.98 Å². The molecule has 284 valence electrons. The van der Waals surface area contributed by atoms with Crippen LogP contribution in [0.25, 0.3) is 86.9 Å².